The summed E-state index contributed by atoms with van der Waals surface area (Å²) in [5, 5.41) is 13.2. The van der Waals surface area contributed by atoms with Crippen molar-refractivity contribution in [3.8, 4) is 0 Å². The van der Waals surface area contributed by atoms with Crippen molar-refractivity contribution in [2.45, 2.75) is 24.9 Å². The van der Waals surface area contributed by atoms with Gasteiger partial charge in [0.1, 0.15) is 23.9 Å². The number of carboxylic acids is 1. The summed E-state index contributed by atoms with van der Waals surface area (Å²) in [7, 11) is 0. The number of rotatable bonds is 4. The predicted molar refractivity (Wildman–Crippen MR) is 95.5 cm³/mol. The van der Waals surface area contributed by atoms with Crippen LogP contribution in [0.15, 0.2) is 39.4 Å². The maximum Gasteiger partial charge on any atom is 0.353 e. The molecule has 5 rings (SSSR count). The van der Waals surface area contributed by atoms with E-state index < -0.39 is 17.9 Å². The average molecular weight is 388 g/mol. The molecular formula is C18H14ClN3O5. The zero-order chi connectivity index (χ0) is 18.9. The summed E-state index contributed by atoms with van der Waals surface area (Å²) in [5.41, 5.74) is 1.42. The van der Waals surface area contributed by atoms with Gasteiger partial charge in [-0.3, -0.25) is 14.5 Å². The van der Waals surface area contributed by atoms with Gasteiger partial charge >= 0.3 is 5.97 Å². The van der Waals surface area contributed by atoms with Gasteiger partial charge in [0.05, 0.1) is 6.04 Å². The van der Waals surface area contributed by atoms with Crippen LogP contribution in [0.5, 0.6) is 0 Å². The first-order valence-corrected chi connectivity index (χ1v) is 8.87. The first-order chi connectivity index (χ1) is 12.9. The van der Waals surface area contributed by atoms with Crippen LogP contribution in [-0.4, -0.2) is 46.4 Å². The lowest BCUT2D eigenvalue weighted by Crippen LogP contribution is -2.72. The maximum atomic E-state index is 12.5. The standard InChI is InChI=1S/C18H14ClN3O5/c19-10-2-3-11-15(17(24)22(11)16(10)18(25)26)20-13(23)7-21-9-1-4-12-8(5-9)6-14(21)27-12/h1,4-6,11,15H,2-3,7H2,(H,20,23)(H,25,26)/t11-,15+/m1/s1. The molecule has 1 saturated heterocycles. The van der Waals surface area contributed by atoms with Crippen LogP contribution >= 0.6 is 11.6 Å². The Hall–Kier alpha value is -3.00. The number of benzene rings is 1. The van der Waals surface area contributed by atoms with Crippen molar-refractivity contribution in [3.63, 3.8) is 0 Å². The van der Waals surface area contributed by atoms with Crippen molar-refractivity contribution >= 4 is 51.9 Å². The number of nitrogens with one attached hydrogen (secondary N) is 1. The van der Waals surface area contributed by atoms with Gasteiger partial charge in [0, 0.05) is 22.2 Å². The Morgan fingerprint density at radius 1 is 1.33 bits per heavy atom. The summed E-state index contributed by atoms with van der Waals surface area (Å²) in [5.74, 6) is -1.45. The lowest BCUT2D eigenvalue weighted by molar-refractivity contribution is -0.155. The molecule has 3 aliphatic heterocycles. The maximum absolute atomic E-state index is 12.5. The monoisotopic (exact) mass is 387 g/mol. The minimum absolute atomic E-state index is 0.00144. The van der Waals surface area contributed by atoms with E-state index in [4.69, 9.17) is 16.0 Å². The number of nitrogens with zero attached hydrogens (tertiary/aromatic N) is 2. The normalized spacial score (nSPS) is 23.1. The van der Waals surface area contributed by atoms with Gasteiger partial charge in [0.2, 0.25) is 11.8 Å². The number of hydrogen-bond acceptors (Lipinski definition) is 5. The van der Waals surface area contributed by atoms with Gasteiger partial charge < -0.3 is 19.7 Å². The van der Waals surface area contributed by atoms with Crippen LogP contribution in [0.25, 0.3) is 11.0 Å². The Kier molecular flexibility index (Phi) is 3.30. The average Bonchev–Trinajstić information content (AvgIpc) is 2.93. The number of anilines is 2. The fraction of sp³-hybridized carbons (Fsp3) is 0.278. The van der Waals surface area contributed by atoms with Crippen LogP contribution in [0.3, 0.4) is 0 Å². The fourth-order valence-electron chi connectivity index (χ4n) is 3.99. The van der Waals surface area contributed by atoms with Crippen LogP contribution in [0.1, 0.15) is 12.8 Å². The van der Waals surface area contributed by atoms with Crippen LogP contribution in [-0.2, 0) is 14.4 Å². The number of fused-ring (bicyclic) bond motifs is 3. The molecular weight excluding hydrogens is 374 g/mol. The molecule has 8 nitrogen and oxygen atoms in total. The number of halogens is 1. The summed E-state index contributed by atoms with van der Waals surface area (Å²) in [6, 6.07) is 6.39. The molecule has 0 unspecified atom stereocenters. The number of β-lactam (4-membered cyclic amide) rings is 1. The molecule has 1 aromatic heterocycles. The Balaban J connectivity index is 1.29. The summed E-state index contributed by atoms with van der Waals surface area (Å²) >= 11 is 5.97. The van der Waals surface area contributed by atoms with Gasteiger partial charge in [0.15, 0.2) is 0 Å². The van der Waals surface area contributed by atoms with Gasteiger partial charge in [0.25, 0.3) is 5.91 Å². The number of carbonyl (C=O) groups excluding carboxylic acids is 2. The zero-order valence-corrected chi connectivity index (χ0v) is 14.7. The van der Waals surface area contributed by atoms with Gasteiger partial charge in [-0.25, -0.2) is 4.79 Å². The number of carbonyl (C=O) groups is 3. The first kappa shape index (κ1) is 16.2. The Morgan fingerprint density at radius 3 is 2.93 bits per heavy atom. The van der Waals surface area contributed by atoms with Crippen molar-refractivity contribution in [3.05, 3.63) is 35.0 Å². The number of allylic oxidation sites excluding steroid dienone is 1. The van der Waals surface area contributed by atoms with Crippen LogP contribution in [0.4, 0.5) is 11.6 Å². The molecule has 27 heavy (non-hydrogen) atoms. The zero-order valence-electron chi connectivity index (χ0n) is 13.9. The molecule has 0 aliphatic carbocycles. The third-order valence-corrected chi connectivity index (χ3v) is 5.63. The molecule has 0 radical (unpaired) electrons. The predicted octanol–water partition coefficient (Wildman–Crippen LogP) is 1.91. The van der Waals surface area contributed by atoms with Gasteiger partial charge in [-0.15, -0.1) is 0 Å². The first-order valence-electron chi connectivity index (χ1n) is 8.49. The summed E-state index contributed by atoms with van der Waals surface area (Å²) in [4.78, 5) is 39.2. The van der Waals surface area contributed by atoms with Crippen LogP contribution in [0.2, 0.25) is 0 Å². The van der Waals surface area contributed by atoms with Gasteiger partial charge in [-0.05, 0) is 31.0 Å². The van der Waals surface area contributed by atoms with Crippen molar-refractivity contribution in [1.29, 1.82) is 0 Å². The Morgan fingerprint density at radius 2 is 2.15 bits per heavy atom. The molecule has 2 amide bonds. The number of carboxylic acid groups (broad SMARTS) is 1. The highest BCUT2D eigenvalue weighted by Crippen LogP contribution is 2.39. The largest absolute Gasteiger partial charge is 0.477 e. The lowest BCUT2D eigenvalue weighted by atomic mass is 9.86. The van der Waals surface area contributed by atoms with Crippen molar-refractivity contribution in [2.75, 3.05) is 11.4 Å². The third kappa shape index (κ3) is 2.26. The van der Waals surface area contributed by atoms with E-state index in [0.717, 1.165) is 16.7 Å². The second-order valence-corrected chi connectivity index (χ2v) is 7.27. The quantitative estimate of drug-likeness (QED) is 0.777. The van der Waals surface area contributed by atoms with E-state index in [1.54, 1.807) is 4.90 Å². The van der Waals surface area contributed by atoms with E-state index in [9.17, 15) is 19.5 Å². The van der Waals surface area contributed by atoms with Crippen molar-refractivity contribution in [2.24, 2.45) is 0 Å². The Labute approximate surface area is 158 Å². The highest BCUT2D eigenvalue weighted by Gasteiger charge is 2.53. The highest BCUT2D eigenvalue weighted by molar-refractivity contribution is 6.32. The fourth-order valence-corrected chi connectivity index (χ4v) is 4.28. The lowest BCUT2D eigenvalue weighted by Gasteiger charge is -2.49. The van der Waals surface area contributed by atoms with Crippen molar-refractivity contribution < 1.29 is 23.9 Å². The molecule has 2 N–H and O–H groups in total. The SMILES string of the molecule is O=C(CN1c2ccc3oc1cc3c2)N[C@@H]1C(=O)N2C(C(=O)O)=C(Cl)CC[C@H]12. The van der Waals surface area contributed by atoms with Crippen LogP contribution < -0.4 is 10.2 Å². The minimum atomic E-state index is -1.24. The molecule has 4 heterocycles. The number of furan rings is 1. The molecule has 0 spiro atoms. The summed E-state index contributed by atoms with van der Waals surface area (Å²) in [6.45, 7) is 0.00144. The minimum Gasteiger partial charge on any atom is -0.477 e. The molecule has 138 valence electrons. The number of aliphatic carboxylic acids is 1. The van der Waals surface area contributed by atoms with E-state index in [0.29, 0.717) is 18.7 Å². The van der Waals surface area contributed by atoms with E-state index in [-0.39, 0.29) is 29.2 Å². The number of hydrogen-bond donors (Lipinski definition) is 2. The Bertz CT molecular complexity index is 1040. The molecule has 2 atom stereocenters. The molecule has 9 heteroatoms. The van der Waals surface area contributed by atoms with E-state index >= 15 is 0 Å². The molecule has 0 saturated carbocycles. The molecule has 2 aromatic rings. The van der Waals surface area contributed by atoms with Crippen molar-refractivity contribution in [1.82, 2.24) is 10.2 Å². The molecule has 1 fully saturated rings. The van der Waals surface area contributed by atoms with Gasteiger partial charge in [-0.2, -0.15) is 0 Å². The summed E-state index contributed by atoms with van der Waals surface area (Å²) < 4.78 is 5.68. The van der Waals surface area contributed by atoms with E-state index in [1.807, 2.05) is 24.3 Å². The smallest absolute Gasteiger partial charge is 0.353 e. The molecule has 3 bridgehead atoms. The topological polar surface area (TPSA) is 103 Å². The molecule has 1 aromatic carbocycles. The highest BCUT2D eigenvalue weighted by atomic mass is 35.5. The molecule has 3 aliphatic rings. The van der Waals surface area contributed by atoms with E-state index in [1.165, 1.54) is 4.90 Å². The van der Waals surface area contributed by atoms with E-state index in [2.05, 4.69) is 5.32 Å². The number of amides is 2. The van der Waals surface area contributed by atoms with Crippen LogP contribution in [0, 0.1) is 0 Å². The van der Waals surface area contributed by atoms with Gasteiger partial charge in [-0.1, -0.05) is 11.6 Å². The third-order valence-electron chi connectivity index (χ3n) is 5.26. The summed E-state index contributed by atoms with van der Waals surface area (Å²) in [6.07, 6.45) is 0.876. The second-order valence-electron chi connectivity index (χ2n) is 6.81. The second kappa shape index (κ2) is 5.50.